The van der Waals surface area contributed by atoms with Gasteiger partial charge in [0.05, 0.1) is 18.4 Å². The van der Waals surface area contributed by atoms with Crippen molar-refractivity contribution in [3.63, 3.8) is 0 Å². The van der Waals surface area contributed by atoms with Crippen molar-refractivity contribution in [2.75, 3.05) is 19.7 Å². The number of aliphatic hydroxyl groups excluding tert-OH is 1. The summed E-state index contributed by atoms with van der Waals surface area (Å²) in [6.45, 7) is 0.330. The van der Waals surface area contributed by atoms with E-state index in [-0.39, 0.29) is 43.9 Å². The minimum absolute atomic E-state index is 0.0564. The van der Waals surface area contributed by atoms with Gasteiger partial charge in [0, 0.05) is 19.0 Å². The van der Waals surface area contributed by atoms with E-state index in [4.69, 9.17) is 4.74 Å². The lowest BCUT2D eigenvalue weighted by atomic mass is 9.96. The number of alkyl carbamates (subject to hydrolysis) is 1. The molecule has 2 amide bonds. The number of rotatable bonds is 9. The van der Waals surface area contributed by atoms with Gasteiger partial charge in [0.15, 0.2) is 0 Å². The summed E-state index contributed by atoms with van der Waals surface area (Å²) in [6, 6.07) is 16.1. The molecule has 3 atom stereocenters. The molecule has 0 aromatic heterocycles. The van der Waals surface area contributed by atoms with E-state index in [1.807, 2.05) is 36.4 Å². The summed E-state index contributed by atoms with van der Waals surface area (Å²) >= 11 is 0. The first-order valence-electron chi connectivity index (χ1n) is 11.7. The number of nitrogens with one attached hydrogen (secondary N) is 2. The number of carboxylic acid groups (broad SMARTS) is 1. The predicted molar refractivity (Wildman–Crippen MR) is 125 cm³/mol. The van der Waals surface area contributed by atoms with Crippen LogP contribution in [0.5, 0.6) is 0 Å². The van der Waals surface area contributed by atoms with Crippen LogP contribution in [0.4, 0.5) is 4.79 Å². The third-order valence-electron chi connectivity index (χ3n) is 6.78. The number of aliphatic carboxylic acids is 1. The van der Waals surface area contributed by atoms with Crippen molar-refractivity contribution in [1.82, 2.24) is 10.6 Å². The normalized spacial score (nSPS) is 19.7. The van der Waals surface area contributed by atoms with E-state index in [1.165, 1.54) is 0 Å². The van der Waals surface area contributed by atoms with E-state index < -0.39 is 24.1 Å². The van der Waals surface area contributed by atoms with E-state index in [1.54, 1.807) is 0 Å². The predicted octanol–water partition coefficient (Wildman–Crippen LogP) is 2.89. The SMILES string of the molecule is O=C(CC(O)CNC(=O)OCC1c2ccccc2-c2ccccc21)NCC1CCCC1C(=O)O. The first kappa shape index (κ1) is 23.8. The Labute approximate surface area is 198 Å². The minimum Gasteiger partial charge on any atom is -0.481 e. The molecule has 2 aliphatic rings. The molecule has 3 unspecified atom stereocenters. The van der Waals surface area contributed by atoms with Gasteiger partial charge in [0.1, 0.15) is 6.61 Å². The summed E-state index contributed by atoms with van der Waals surface area (Å²) in [5.41, 5.74) is 4.50. The van der Waals surface area contributed by atoms with Crippen LogP contribution < -0.4 is 10.6 Å². The largest absolute Gasteiger partial charge is 0.481 e. The second kappa shape index (κ2) is 10.7. The highest BCUT2D eigenvalue weighted by Crippen LogP contribution is 2.44. The number of benzene rings is 2. The molecule has 8 nitrogen and oxygen atoms in total. The summed E-state index contributed by atoms with van der Waals surface area (Å²) in [6.07, 6.45) is 0.320. The number of hydrogen-bond donors (Lipinski definition) is 4. The second-order valence-electron chi connectivity index (χ2n) is 9.00. The van der Waals surface area contributed by atoms with Crippen LogP contribution in [0.3, 0.4) is 0 Å². The molecule has 0 saturated heterocycles. The molecule has 8 heteroatoms. The van der Waals surface area contributed by atoms with Crippen LogP contribution in [-0.2, 0) is 14.3 Å². The maximum Gasteiger partial charge on any atom is 0.407 e. The van der Waals surface area contributed by atoms with Gasteiger partial charge in [-0.15, -0.1) is 0 Å². The average Bonchev–Trinajstić information content (AvgIpc) is 3.43. The smallest absolute Gasteiger partial charge is 0.407 e. The Morgan fingerprint density at radius 1 is 0.971 bits per heavy atom. The summed E-state index contributed by atoms with van der Waals surface area (Å²) in [4.78, 5) is 35.6. The molecule has 4 N–H and O–H groups in total. The maximum absolute atomic E-state index is 12.2. The van der Waals surface area contributed by atoms with Gasteiger partial charge >= 0.3 is 12.1 Å². The van der Waals surface area contributed by atoms with E-state index >= 15 is 0 Å². The van der Waals surface area contributed by atoms with E-state index in [2.05, 4.69) is 22.8 Å². The van der Waals surface area contributed by atoms with Crippen LogP contribution in [0.15, 0.2) is 48.5 Å². The molecule has 0 bridgehead atoms. The lowest BCUT2D eigenvalue weighted by Crippen LogP contribution is -2.38. The van der Waals surface area contributed by atoms with Gasteiger partial charge in [-0.3, -0.25) is 9.59 Å². The fourth-order valence-corrected chi connectivity index (χ4v) is 5.06. The molecule has 0 heterocycles. The number of carbonyl (C=O) groups is 3. The maximum atomic E-state index is 12.2. The zero-order valence-corrected chi connectivity index (χ0v) is 18.9. The Hall–Kier alpha value is -3.39. The molecule has 1 fully saturated rings. The van der Waals surface area contributed by atoms with Gasteiger partial charge in [-0.1, -0.05) is 55.0 Å². The Bertz CT molecular complexity index is 1010. The van der Waals surface area contributed by atoms with Crippen molar-refractivity contribution in [1.29, 1.82) is 0 Å². The zero-order chi connectivity index (χ0) is 24.1. The van der Waals surface area contributed by atoms with Gasteiger partial charge in [-0.25, -0.2) is 4.79 Å². The fraction of sp³-hybridized carbons (Fsp3) is 0.423. The standard InChI is InChI=1S/C26H30N2O6/c29-17(12-24(30)27-13-16-6-5-11-18(16)25(31)32)14-28-26(33)34-15-23-21-9-3-1-7-19(21)20-8-2-4-10-22(20)23/h1-4,7-10,16-18,23,29H,5-6,11-15H2,(H,27,30)(H,28,33)(H,31,32). The summed E-state index contributed by atoms with van der Waals surface area (Å²) in [7, 11) is 0. The van der Waals surface area contributed by atoms with Gasteiger partial charge in [0.2, 0.25) is 5.91 Å². The Morgan fingerprint density at radius 2 is 1.62 bits per heavy atom. The van der Waals surface area contributed by atoms with Crippen LogP contribution in [-0.4, -0.2) is 54.0 Å². The van der Waals surface area contributed by atoms with Gasteiger partial charge in [-0.05, 0) is 41.0 Å². The Balaban J connectivity index is 1.19. The molecule has 1 saturated carbocycles. The lowest BCUT2D eigenvalue weighted by molar-refractivity contribution is -0.143. The topological polar surface area (TPSA) is 125 Å². The van der Waals surface area contributed by atoms with Crippen molar-refractivity contribution in [3.8, 4) is 11.1 Å². The minimum atomic E-state index is -1.07. The van der Waals surface area contributed by atoms with Crippen molar-refractivity contribution >= 4 is 18.0 Å². The number of hydrogen-bond acceptors (Lipinski definition) is 5. The van der Waals surface area contributed by atoms with Crippen molar-refractivity contribution < 1.29 is 29.3 Å². The highest BCUT2D eigenvalue weighted by atomic mass is 16.5. The summed E-state index contributed by atoms with van der Waals surface area (Å²) in [5.74, 6) is -1.78. The highest BCUT2D eigenvalue weighted by molar-refractivity contribution is 5.79. The van der Waals surface area contributed by atoms with Crippen molar-refractivity contribution in [2.45, 2.75) is 37.7 Å². The molecule has 2 aromatic rings. The number of fused-ring (bicyclic) bond motifs is 3. The first-order valence-corrected chi connectivity index (χ1v) is 11.7. The van der Waals surface area contributed by atoms with E-state index in [0.717, 1.165) is 35.1 Å². The molecule has 4 rings (SSSR count). The fourth-order valence-electron chi connectivity index (χ4n) is 5.06. The average molecular weight is 467 g/mol. The number of carbonyl (C=O) groups excluding carboxylic acids is 2. The lowest BCUT2D eigenvalue weighted by Gasteiger charge is -2.18. The molecule has 2 aromatic carbocycles. The summed E-state index contributed by atoms with van der Waals surface area (Å²) < 4.78 is 5.43. The third kappa shape index (κ3) is 5.39. The third-order valence-corrected chi connectivity index (χ3v) is 6.78. The molecule has 0 radical (unpaired) electrons. The molecule has 180 valence electrons. The first-order chi connectivity index (χ1) is 16.4. The van der Waals surface area contributed by atoms with Crippen LogP contribution >= 0.6 is 0 Å². The van der Waals surface area contributed by atoms with E-state index in [9.17, 15) is 24.6 Å². The van der Waals surface area contributed by atoms with E-state index in [0.29, 0.717) is 6.42 Å². The number of ether oxygens (including phenoxy) is 1. The van der Waals surface area contributed by atoms with Gasteiger partial charge in [0.25, 0.3) is 0 Å². The quantitative estimate of drug-likeness (QED) is 0.450. The monoisotopic (exact) mass is 466 g/mol. The number of carboxylic acids is 1. The van der Waals surface area contributed by atoms with Crippen LogP contribution in [0.25, 0.3) is 11.1 Å². The molecule has 2 aliphatic carbocycles. The highest BCUT2D eigenvalue weighted by Gasteiger charge is 2.33. The zero-order valence-electron chi connectivity index (χ0n) is 18.9. The van der Waals surface area contributed by atoms with Gasteiger partial charge < -0.3 is 25.6 Å². The van der Waals surface area contributed by atoms with Gasteiger partial charge in [-0.2, -0.15) is 0 Å². The summed E-state index contributed by atoms with van der Waals surface area (Å²) in [5, 5.41) is 24.5. The van der Waals surface area contributed by atoms with Crippen molar-refractivity contribution in [3.05, 3.63) is 59.7 Å². The molecule has 0 aliphatic heterocycles. The Kier molecular flexibility index (Phi) is 7.47. The number of aliphatic hydroxyl groups is 1. The molecule has 34 heavy (non-hydrogen) atoms. The molecular weight excluding hydrogens is 436 g/mol. The Morgan fingerprint density at radius 3 is 2.26 bits per heavy atom. The van der Waals surface area contributed by atoms with Crippen LogP contribution in [0.2, 0.25) is 0 Å². The molecule has 0 spiro atoms. The van der Waals surface area contributed by atoms with Crippen LogP contribution in [0, 0.1) is 11.8 Å². The van der Waals surface area contributed by atoms with Crippen LogP contribution in [0.1, 0.15) is 42.7 Å². The van der Waals surface area contributed by atoms with Crippen molar-refractivity contribution in [2.24, 2.45) is 11.8 Å². The number of amides is 2. The molecular formula is C26H30N2O6. The second-order valence-corrected chi connectivity index (χ2v) is 9.00.